The molecular formula is C20H27N3O2. The Labute approximate surface area is 149 Å². The van der Waals surface area contributed by atoms with Gasteiger partial charge in [-0.2, -0.15) is 5.10 Å². The van der Waals surface area contributed by atoms with E-state index in [1.807, 2.05) is 62.7 Å². The van der Waals surface area contributed by atoms with E-state index in [-0.39, 0.29) is 11.9 Å². The lowest BCUT2D eigenvalue weighted by Crippen LogP contribution is -2.35. The van der Waals surface area contributed by atoms with E-state index in [1.54, 1.807) is 13.2 Å². The lowest BCUT2D eigenvalue weighted by atomic mass is 10.0. The van der Waals surface area contributed by atoms with Crippen molar-refractivity contribution in [2.24, 2.45) is 0 Å². The van der Waals surface area contributed by atoms with Gasteiger partial charge >= 0.3 is 0 Å². The van der Waals surface area contributed by atoms with E-state index in [2.05, 4.69) is 10.4 Å². The molecule has 0 aliphatic rings. The predicted molar refractivity (Wildman–Crippen MR) is 99.8 cm³/mol. The van der Waals surface area contributed by atoms with Crippen molar-refractivity contribution < 1.29 is 9.53 Å². The van der Waals surface area contributed by atoms with Gasteiger partial charge in [0.25, 0.3) is 0 Å². The smallest absolute Gasteiger partial charge is 0.244 e. The minimum absolute atomic E-state index is 0.000751. The number of hydrogen-bond donors (Lipinski definition) is 1. The molecule has 5 heteroatoms. The summed E-state index contributed by atoms with van der Waals surface area (Å²) in [7, 11) is 1.66. The van der Waals surface area contributed by atoms with E-state index in [0.717, 1.165) is 28.3 Å². The molecule has 1 amide bonds. The number of aromatic nitrogens is 2. The number of allylic oxidation sites excluding steroid dienone is 1. The lowest BCUT2D eigenvalue weighted by Gasteiger charge is -2.14. The molecule has 2 rings (SSSR count). The van der Waals surface area contributed by atoms with E-state index in [0.29, 0.717) is 13.0 Å². The fourth-order valence-corrected chi connectivity index (χ4v) is 2.87. The van der Waals surface area contributed by atoms with E-state index in [1.165, 1.54) is 0 Å². The van der Waals surface area contributed by atoms with E-state index in [4.69, 9.17) is 4.74 Å². The van der Waals surface area contributed by atoms with E-state index in [9.17, 15) is 4.79 Å². The molecule has 134 valence electrons. The largest absolute Gasteiger partial charge is 0.496 e. The standard InChI is InChI=1S/C20H27N3O2/c1-14(10-18-8-6-7-9-19(18)25-5)11-20(24)21-16(3)13-23-17(4)12-15(2)22-23/h6-9,11-12,16H,10,13H2,1-5H3,(H,21,24)/b14-11+/t16-/m0/s1. The first-order chi connectivity index (χ1) is 11.9. The Bertz CT molecular complexity index is 762. The van der Waals surface area contributed by atoms with Crippen LogP contribution in [0.1, 0.15) is 30.8 Å². The molecule has 0 aliphatic carbocycles. The highest BCUT2D eigenvalue weighted by atomic mass is 16.5. The van der Waals surface area contributed by atoms with Crippen molar-refractivity contribution in [2.75, 3.05) is 7.11 Å². The molecule has 0 saturated heterocycles. The van der Waals surface area contributed by atoms with Crippen LogP contribution in [-0.2, 0) is 17.8 Å². The van der Waals surface area contributed by atoms with Crippen LogP contribution in [0.25, 0.3) is 0 Å². The van der Waals surface area contributed by atoms with Gasteiger partial charge in [0.1, 0.15) is 5.75 Å². The van der Waals surface area contributed by atoms with Gasteiger partial charge in [0, 0.05) is 17.8 Å². The van der Waals surface area contributed by atoms with Crippen LogP contribution in [0.4, 0.5) is 0 Å². The molecule has 0 spiro atoms. The Balaban J connectivity index is 1.93. The number of ether oxygens (including phenoxy) is 1. The van der Waals surface area contributed by atoms with Crippen LogP contribution in [-0.4, -0.2) is 28.8 Å². The summed E-state index contributed by atoms with van der Waals surface area (Å²) in [4.78, 5) is 12.2. The summed E-state index contributed by atoms with van der Waals surface area (Å²) in [5.41, 5.74) is 4.15. The van der Waals surface area contributed by atoms with Gasteiger partial charge in [0.2, 0.25) is 5.91 Å². The summed E-state index contributed by atoms with van der Waals surface area (Å²) in [6.07, 6.45) is 2.34. The number of nitrogens with zero attached hydrogens (tertiary/aromatic N) is 2. The van der Waals surface area contributed by atoms with Crippen molar-refractivity contribution in [3.05, 3.63) is 58.9 Å². The topological polar surface area (TPSA) is 56.1 Å². The minimum Gasteiger partial charge on any atom is -0.496 e. The third-order valence-electron chi connectivity index (χ3n) is 3.98. The zero-order chi connectivity index (χ0) is 18.4. The zero-order valence-corrected chi connectivity index (χ0v) is 15.7. The Kier molecular flexibility index (Phi) is 6.39. The van der Waals surface area contributed by atoms with Crippen molar-refractivity contribution in [1.29, 1.82) is 0 Å². The zero-order valence-electron chi connectivity index (χ0n) is 15.7. The average molecular weight is 341 g/mol. The van der Waals surface area contributed by atoms with Gasteiger partial charge in [-0.25, -0.2) is 0 Å². The molecule has 2 aromatic rings. The van der Waals surface area contributed by atoms with Crippen molar-refractivity contribution in [3.8, 4) is 5.75 Å². The Morgan fingerprint density at radius 3 is 2.72 bits per heavy atom. The third-order valence-corrected chi connectivity index (χ3v) is 3.98. The molecule has 1 aromatic carbocycles. The first kappa shape index (κ1) is 18.8. The molecule has 0 saturated carbocycles. The number of aryl methyl sites for hydroxylation is 2. The second-order valence-electron chi connectivity index (χ2n) is 6.50. The average Bonchev–Trinajstić information content (AvgIpc) is 2.84. The highest BCUT2D eigenvalue weighted by Gasteiger charge is 2.10. The van der Waals surface area contributed by atoms with Crippen LogP contribution in [0, 0.1) is 13.8 Å². The van der Waals surface area contributed by atoms with E-state index >= 15 is 0 Å². The quantitative estimate of drug-likeness (QED) is 0.787. The van der Waals surface area contributed by atoms with Gasteiger partial charge in [-0.1, -0.05) is 23.8 Å². The van der Waals surface area contributed by atoms with Gasteiger partial charge < -0.3 is 10.1 Å². The highest BCUT2D eigenvalue weighted by molar-refractivity contribution is 5.88. The molecule has 1 atom stereocenters. The molecule has 0 radical (unpaired) electrons. The number of para-hydroxylation sites is 1. The van der Waals surface area contributed by atoms with Crippen molar-refractivity contribution >= 4 is 5.91 Å². The van der Waals surface area contributed by atoms with Gasteiger partial charge in [0.15, 0.2) is 0 Å². The Morgan fingerprint density at radius 2 is 2.08 bits per heavy atom. The maximum atomic E-state index is 12.2. The molecule has 0 aliphatic heterocycles. The summed E-state index contributed by atoms with van der Waals surface area (Å²) < 4.78 is 7.28. The Morgan fingerprint density at radius 1 is 1.36 bits per heavy atom. The summed E-state index contributed by atoms with van der Waals surface area (Å²) in [5.74, 6) is 0.759. The number of methoxy groups -OCH3 is 1. The number of rotatable bonds is 7. The minimum atomic E-state index is -0.0820. The molecule has 5 nitrogen and oxygen atoms in total. The van der Waals surface area contributed by atoms with Crippen molar-refractivity contribution in [1.82, 2.24) is 15.1 Å². The molecule has 0 unspecified atom stereocenters. The number of nitrogens with one attached hydrogen (secondary N) is 1. The maximum absolute atomic E-state index is 12.2. The summed E-state index contributed by atoms with van der Waals surface area (Å²) in [6, 6.07) is 9.89. The monoisotopic (exact) mass is 341 g/mol. The van der Waals surface area contributed by atoms with Gasteiger partial charge in [-0.3, -0.25) is 9.48 Å². The number of carbonyl (C=O) groups excluding carboxylic acids is 1. The summed E-state index contributed by atoms with van der Waals surface area (Å²) in [6.45, 7) is 8.59. The fraction of sp³-hybridized carbons (Fsp3) is 0.400. The maximum Gasteiger partial charge on any atom is 0.244 e. The van der Waals surface area contributed by atoms with Crippen LogP contribution in [0.5, 0.6) is 5.75 Å². The number of hydrogen-bond acceptors (Lipinski definition) is 3. The van der Waals surface area contributed by atoms with Gasteiger partial charge in [-0.05, 0) is 51.8 Å². The van der Waals surface area contributed by atoms with Crippen LogP contribution < -0.4 is 10.1 Å². The molecular weight excluding hydrogens is 314 g/mol. The van der Waals surface area contributed by atoms with Crippen molar-refractivity contribution in [2.45, 2.75) is 46.7 Å². The molecule has 25 heavy (non-hydrogen) atoms. The fourth-order valence-electron chi connectivity index (χ4n) is 2.87. The number of amides is 1. The number of benzene rings is 1. The molecule has 1 aromatic heterocycles. The van der Waals surface area contributed by atoms with Crippen molar-refractivity contribution in [3.63, 3.8) is 0 Å². The van der Waals surface area contributed by atoms with Gasteiger partial charge in [-0.15, -0.1) is 0 Å². The SMILES string of the molecule is COc1ccccc1C/C(C)=C/C(=O)N[C@@H](C)Cn1nc(C)cc1C. The molecule has 0 fully saturated rings. The number of carbonyl (C=O) groups is 1. The molecule has 1 N–H and O–H groups in total. The lowest BCUT2D eigenvalue weighted by molar-refractivity contribution is -0.117. The highest BCUT2D eigenvalue weighted by Crippen LogP contribution is 2.20. The second-order valence-corrected chi connectivity index (χ2v) is 6.50. The molecule has 0 bridgehead atoms. The third kappa shape index (κ3) is 5.48. The summed E-state index contributed by atoms with van der Waals surface area (Å²) >= 11 is 0. The normalized spacial score (nSPS) is 12.8. The molecule has 1 heterocycles. The van der Waals surface area contributed by atoms with Crippen LogP contribution in [0.2, 0.25) is 0 Å². The summed E-state index contributed by atoms with van der Waals surface area (Å²) in [5, 5.41) is 7.43. The van der Waals surface area contributed by atoms with Crippen LogP contribution >= 0.6 is 0 Å². The van der Waals surface area contributed by atoms with Crippen LogP contribution in [0.15, 0.2) is 42.0 Å². The second kappa shape index (κ2) is 8.51. The van der Waals surface area contributed by atoms with E-state index < -0.39 is 0 Å². The van der Waals surface area contributed by atoms with Gasteiger partial charge in [0.05, 0.1) is 19.3 Å². The first-order valence-electron chi connectivity index (χ1n) is 8.49. The first-order valence-corrected chi connectivity index (χ1v) is 8.49. The van der Waals surface area contributed by atoms with Crippen LogP contribution in [0.3, 0.4) is 0 Å². The predicted octanol–water partition coefficient (Wildman–Crippen LogP) is 3.20. The Hall–Kier alpha value is -2.56.